The number of benzene rings is 1. The molecule has 4 nitrogen and oxygen atoms in total. The Labute approximate surface area is 114 Å². The SMILES string of the molecule is CC(C)Oc1ccc(N(C)C2CC(C(=O)O)C2)cc1. The molecule has 1 aromatic rings. The summed E-state index contributed by atoms with van der Waals surface area (Å²) in [5, 5.41) is 8.89. The highest BCUT2D eigenvalue weighted by molar-refractivity contribution is 5.71. The molecular formula is C15H21NO3. The van der Waals surface area contributed by atoms with E-state index in [2.05, 4.69) is 4.90 Å². The fourth-order valence-corrected chi connectivity index (χ4v) is 2.35. The van der Waals surface area contributed by atoms with Gasteiger partial charge in [-0.2, -0.15) is 0 Å². The monoisotopic (exact) mass is 263 g/mol. The van der Waals surface area contributed by atoms with Crippen molar-refractivity contribution in [1.82, 2.24) is 0 Å². The van der Waals surface area contributed by atoms with Gasteiger partial charge in [0.2, 0.25) is 0 Å². The summed E-state index contributed by atoms with van der Waals surface area (Å²) in [6.07, 6.45) is 1.64. The molecular weight excluding hydrogens is 242 g/mol. The number of hydrogen-bond donors (Lipinski definition) is 1. The van der Waals surface area contributed by atoms with Crippen LogP contribution in [0.3, 0.4) is 0 Å². The van der Waals surface area contributed by atoms with Crippen molar-refractivity contribution in [3.8, 4) is 5.75 Å². The molecule has 0 saturated heterocycles. The van der Waals surface area contributed by atoms with E-state index in [4.69, 9.17) is 9.84 Å². The fraction of sp³-hybridized carbons (Fsp3) is 0.533. The number of hydrogen-bond acceptors (Lipinski definition) is 3. The van der Waals surface area contributed by atoms with Crippen molar-refractivity contribution in [2.24, 2.45) is 5.92 Å². The Balaban J connectivity index is 1.93. The minimum absolute atomic E-state index is 0.170. The molecule has 1 aliphatic rings. The highest BCUT2D eigenvalue weighted by atomic mass is 16.5. The molecule has 0 heterocycles. The molecule has 0 amide bonds. The second kappa shape index (κ2) is 5.51. The molecule has 0 spiro atoms. The third-order valence-corrected chi connectivity index (χ3v) is 3.63. The molecule has 2 rings (SSSR count). The largest absolute Gasteiger partial charge is 0.491 e. The number of carbonyl (C=O) groups is 1. The number of aliphatic carboxylic acids is 1. The average molecular weight is 263 g/mol. The van der Waals surface area contributed by atoms with Crippen molar-refractivity contribution in [1.29, 1.82) is 0 Å². The lowest BCUT2D eigenvalue weighted by Crippen LogP contribution is -2.45. The first-order valence-corrected chi connectivity index (χ1v) is 6.69. The van der Waals surface area contributed by atoms with E-state index in [9.17, 15) is 4.79 Å². The van der Waals surface area contributed by atoms with E-state index in [0.717, 1.165) is 24.3 Å². The van der Waals surface area contributed by atoms with Crippen LogP contribution in [0.4, 0.5) is 5.69 Å². The van der Waals surface area contributed by atoms with E-state index in [1.807, 2.05) is 45.2 Å². The lowest BCUT2D eigenvalue weighted by Gasteiger charge is -2.40. The third-order valence-electron chi connectivity index (χ3n) is 3.63. The van der Waals surface area contributed by atoms with Gasteiger partial charge in [-0.3, -0.25) is 4.79 Å². The molecule has 0 radical (unpaired) electrons. The van der Waals surface area contributed by atoms with Crippen LogP contribution in [0.25, 0.3) is 0 Å². The second-order valence-electron chi connectivity index (χ2n) is 5.43. The summed E-state index contributed by atoms with van der Waals surface area (Å²) in [5.74, 6) is 0.0190. The van der Waals surface area contributed by atoms with Gasteiger partial charge >= 0.3 is 5.97 Å². The zero-order valence-corrected chi connectivity index (χ0v) is 11.7. The van der Waals surface area contributed by atoms with E-state index in [1.54, 1.807) is 0 Å². The predicted octanol–water partition coefficient (Wildman–Crippen LogP) is 2.77. The van der Waals surface area contributed by atoms with Crippen LogP contribution in [0, 0.1) is 5.92 Å². The number of anilines is 1. The number of carboxylic acids is 1. The summed E-state index contributed by atoms with van der Waals surface area (Å²) in [6, 6.07) is 8.29. The van der Waals surface area contributed by atoms with Crippen LogP contribution in [0.2, 0.25) is 0 Å². The summed E-state index contributed by atoms with van der Waals surface area (Å²) in [5.41, 5.74) is 1.10. The lowest BCUT2D eigenvalue weighted by molar-refractivity contribution is -0.145. The Morgan fingerprint density at radius 3 is 2.37 bits per heavy atom. The first kappa shape index (κ1) is 13.7. The maximum absolute atomic E-state index is 10.8. The molecule has 1 N–H and O–H groups in total. The van der Waals surface area contributed by atoms with Gasteiger partial charge in [-0.25, -0.2) is 0 Å². The van der Waals surface area contributed by atoms with Gasteiger partial charge in [-0.1, -0.05) is 0 Å². The van der Waals surface area contributed by atoms with Crippen molar-refractivity contribution in [2.45, 2.75) is 38.8 Å². The molecule has 0 aromatic heterocycles. The minimum Gasteiger partial charge on any atom is -0.491 e. The third kappa shape index (κ3) is 3.19. The highest BCUT2D eigenvalue weighted by Gasteiger charge is 2.36. The van der Waals surface area contributed by atoms with Crippen LogP contribution < -0.4 is 9.64 Å². The molecule has 1 aliphatic carbocycles. The van der Waals surface area contributed by atoms with Crippen LogP contribution in [0.1, 0.15) is 26.7 Å². The van der Waals surface area contributed by atoms with E-state index in [-0.39, 0.29) is 12.0 Å². The van der Waals surface area contributed by atoms with Crippen molar-refractivity contribution < 1.29 is 14.6 Å². The summed E-state index contributed by atoms with van der Waals surface area (Å²) < 4.78 is 5.60. The Morgan fingerprint density at radius 2 is 1.89 bits per heavy atom. The van der Waals surface area contributed by atoms with E-state index in [0.29, 0.717) is 6.04 Å². The van der Waals surface area contributed by atoms with Gasteiger partial charge in [0.15, 0.2) is 0 Å². The van der Waals surface area contributed by atoms with E-state index in [1.165, 1.54) is 0 Å². The number of ether oxygens (including phenoxy) is 1. The smallest absolute Gasteiger partial charge is 0.306 e. The Bertz CT molecular complexity index is 435. The molecule has 19 heavy (non-hydrogen) atoms. The molecule has 1 aromatic carbocycles. The zero-order valence-electron chi connectivity index (χ0n) is 11.7. The molecule has 0 bridgehead atoms. The molecule has 0 unspecified atom stereocenters. The normalized spacial score (nSPS) is 21.9. The minimum atomic E-state index is -0.676. The topological polar surface area (TPSA) is 49.8 Å². The molecule has 0 atom stereocenters. The summed E-state index contributed by atoms with van der Waals surface area (Å²) in [7, 11) is 2.01. The van der Waals surface area contributed by atoms with E-state index >= 15 is 0 Å². The van der Waals surface area contributed by atoms with E-state index < -0.39 is 5.97 Å². The zero-order chi connectivity index (χ0) is 14.0. The lowest BCUT2D eigenvalue weighted by atomic mass is 9.79. The quantitative estimate of drug-likeness (QED) is 0.887. The number of rotatable bonds is 5. The molecule has 1 saturated carbocycles. The van der Waals surface area contributed by atoms with Crippen LogP contribution in [-0.4, -0.2) is 30.3 Å². The maximum atomic E-state index is 10.8. The van der Waals surface area contributed by atoms with Crippen molar-refractivity contribution in [3.05, 3.63) is 24.3 Å². The van der Waals surface area contributed by atoms with Crippen molar-refractivity contribution >= 4 is 11.7 Å². The highest BCUT2D eigenvalue weighted by Crippen LogP contribution is 2.34. The summed E-state index contributed by atoms with van der Waals surface area (Å²) in [6.45, 7) is 4.00. The Kier molecular flexibility index (Phi) is 3.98. The van der Waals surface area contributed by atoms with Gasteiger partial charge in [0.1, 0.15) is 5.75 Å². The van der Waals surface area contributed by atoms with Gasteiger partial charge in [-0.05, 0) is 51.0 Å². The average Bonchev–Trinajstić information content (AvgIpc) is 2.26. The first-order valence-electron chi connectivity index (χ1n) is 6.69. The first-order chi connectivity index (χ1) is 8.97. The molecule has 0 aliphatic heterocycles. The predicted molar refractivity (Wildman–Crippen MR) is 74.8 cm³/mol. The molecule has 4 heteroatoms. The fourth-order valence-electron chi connectivity index (χ4n) is 2.35. The van der Waals surface area contributed by atoms with Crippen molar-refractivity contribution in [2.75, 3.05) is 11.9 Å². The number of nitrogens with zero attached hydrogens (tertiary/aromatic N) is 1. The van der Waals surface area contributed by atoms with Crippen LogP contribution in [-0.2, 0) is 4.79 Å². The van der Waals surface area contributed by atoms with Crippen molar-refractivity contribution in [3.63, 3.8) is 0 Å². The maximum Gasteiger partial charge on any atom is 0.306 e. The van der Waals surface area contributed by atoms with Crippen LogP contribution >= 0.6 is 0 Å². The van der Waals surface area contributed by atoms with Crippen LogP contribution in [0.15, 0.2) is 24.3 Å². The second-order valence-corrected chi connectivity index (χ2v) is 5.43. The summed E-state index contributed by atoms with van der Waals surface area (Å²) >= 11 is 0. The van der Waals surface area contributed by atoms with Crippen LogP contribution in [0.5, 0.6) is 5.75 Å². The van der Waals surface area contributed by atoms with Gasteiger partial charge < -0.3 is 14.7 Å². The molecule has 104 valence electrons. The van der Waals surface area contributed by atoms with Gasteiger partial charge in [0.05, 0.1) is 12.0 Å². The standard InChI is InChI=1S/C15H21NO3/c1-10(2)19-14-6-4-12(5-7-14)16(3)13-8-11(9-13)15(17)18/h4-7,10-11,13H,8-9H2,1-3H3,(H,17,18). The van der Waals surface area contributed by atoms with Gasteiger partial charge in [-0.15, -0.1) is 0 Å². The Morgan fingerprint density at radius 1 is 1.32 bits per heavy atom. The van der Waals surface area contributed by atoms with Gasteiger partial charge in [0.25, 0.3) is 0 Å². The number of carboxylic acid groups (broad SMARTS) is 1. The summed E-state index contributed by atoms with van der Waals surface area (Å²) in [4.78, 5) is 12.9. The van der Waals surface area contributed by atoms with Gasteiger partial charge in [0, 0.05) is 18.8 Å². The molecule has 1 fully saturated rings. The Hall–Kier alpha value is -1.71.